The summed E-state index contributed by atoms with van der Waals surface area (Å²) in [5.41, 5.74) is 5.06. The van der Waals surface area contributed by atoms with Crippen molar-refractivity contribution in [2.24, 2.45) is 11.7 Å². The fourth-order valence-electron chi connectivity index (χ4n) is 2.38. The molecule has 0 heterocycles. The zero-order valence-electron chi connectivity index (χ0n) is 8.88. The van der Waals surface area contributed by atoms with Gasteiger partial charge in [-0.3, -0.25) is 4.79 Å². The Balaban J connectivity index is 1.83. The second kappa shape index (κ2) is 3.54. The van der Waals surface area contributed by atoms with E-state index in [2.05, 4.69) is 12.2 Å². The summed E-state index contributed by atoms with van der Waals surface area (Å²) in [6.07, 6.45) is 6.86. The molecular formula is C11H20N2O. The second-order valence-electron chi connectivity index (χ2n) is 5.05. The molecular weight excluding hydrogens is 176 g/mol. The van der Waals surface area contributed by atoms with Crippen molar-refractivity contribution in [2.75, 3.05) is 0 Å². The van der Waals surface area contributed by atoms with Gasteiger partial charge in [-0.15, -0.1) is 0 Å². The van der Waals surface area contributed by atoms with Crippen LogP contribution in [0.3, 0.4) is 0 Å². The van der Waals surface area contributed by atoms with E-state index in [0.29, 0.717) is 6.04 Å². The first-order valence-corrected chi connectivity index (χ1v) is 5.70. The maximum atomic E-state index is 11.2. The highest BCUT2D eigenvalue weighted by molar-refractivity contribution is 5.87. The molecule has 2 rings (SSSR count). The third-order valence-corrected chi connectivity index (χ3v) is 3.72. The van der Waals surface area contributed by atoms with Crippen LogP contribution in [0, 0.1) is 5.92 Å². The number of nitrogens with two attached hydrogens (primary N) is 1. The molecule has 0 aromatic heterocycles. The highest BCUT2D eigenvalue weighted by Gasteiger charge is 2.49. The minimum absolute atomic E-state index is 0.156. The molecule has 0 spiro atoms. The Bertz CT molecular complexity index is 227. The lowest BCUT2D eigenvalue weighted by molar-refractivity contribution is -0.121. The van der Waals surface area contributed by atoms with Crippen molar-refractivity contribution >= 4 is 5.91 Å². The summed E-state index contributed by atoms with van der Waals surface area (Å²) in [6.45, 7) is 2.30. The predicted molar refractivity (Wildman–Crippen MR) is 55.7 cm³/mol. The lowest BCUT2D eigenvalue weighted by Crippen LogP contribution is -2.49. The molecule has 80 valence electrons. The molecule has 0 aromatic carbocycles. The van der Waals surface area contributed by atoms with E-state index in [4.69, 9.17) is 5.73 Å². The maximum absolute atomic E-state index is 11.2. The average Bonchev–Trinajstić information content (AvgIpc) is 2.90. The van der Waals surface area contributed by atoms with E-state index < -0.39 is 0 Å². The van der Waals surface area contributed by atoms with Crippen LogP contribution >= 0.6 is 0 Å². The third-order valence-electron chi connectivity index (χ3n) is 3.72. The van der Waals surface area contributed by atoms with E-state index in [9.17, 15) is 4.79 Å². The van der Waals surface area contributed by atoms with Gasteiger partial charge in [-0.05, 0) is 44.4 Å². The van der Waals surface area contributed by atoms with Crippen LogP contribution < -0.4 is 11.1 Å². The summed E-state index contributed by atoms with van der Waals surface area (Å²) in [7, 11) is 0. The number of carbonyl (C=O) groups is 1. The van der Waals surface area contributed by atoms with Crippen LogP contribution in [0.25, 0.3) is 0 Å². The maximum Gasteiger partial charge on any atom is 0.237 e. The summed E-state index contributed by atoms with van der Waals surface area (Å²) in [5.74, 6) is 0.702. The van der Waals surface area contributed by atoms with Gasteiger partial charge >= 0.3 is 0 Å². The zero-order valence-corrected chi connectivity index (χ0v) is 8.88. The number of amides is 1. The molecule has 3 nitrogen and oxygen atoms in total. The van der Waals surface area contributed by atoms with Crippen molar-refractivity contribution in [3.05, 3.63) is 0 Å². The van der Waals surface area contributed by atoms with E-state index in [0.717, 1.165) is 18.8 Å². The van der Waals surface area contributed by atoms with Crippen LogP contribution in [0.5, 0.6) is 0 Å². The predicted octanol–water partition coefficient (Wildman–Crippen LogP) is 1.17. The summed E-state index contributed by atoms with van der Waals surface area (Å²) in [6, 6.07) is 0.529. The second-order valence-corrected chi connectivity index (χ2v) is 5.05. The topological polar surface area (TPSA) is 55.1 Å². The van der Waals surface area contributed by atoms with Gasteiger partial charge < -0.3 is 11.1 Å². The Kier molecular flexibility index (Phi) is 2.52. The first kappa shape index (κ1) is 9.97. The van der Waals surface area contributed by atoms with E-state index in [1.54, 1.807) is 0 Å². The Labute approximate surface area is 85.4 Å². The Morgan fingerprint density at radius 1 is 1.29 bits per heavy atom. The summed E-state index contributed by atoms with van der Waals surface area (Å²) < 4.78 is 0. The van der Waals surface area contributed by atoms with Crippen molar-refractivity contribution in [2.45, 2.75) is 57.0 Å². The molecule has 0 atom stereocenters. The molecule has 0 bridgehead atoms. The van der Waals surface area contributed by atoms with Crippen molar-refractivity contribution in [3.63, 3.8) is 0 Å². The van der Waals surface area contributed by atoms with E-state index >= 15 is 0 Å². The quantitative estimate of drug-likeness (QED) is 0.712. The summed E-state index contributed by atoms with van der Waals surface area (Å²) in [4.78, 5) is 11.2. The fourth-order valence-corrected chi connectivity index (χ4v) is 2.38. The number of nitrogens with one attached hydrogen (secondary N) is 1. The molecule has 2 saturated carbocycles. The highest BCUT2D eigenvalue weighted by Crippen LogP contribution is 2.37. The molecule has 3 N–H and O–H groups in total. The van der Waals surface area contributed by atoms with Crippen molar-refractivity contribution < 1.29 is 4.79 Å². The smallest absolute Gasteiger partial charge is 0.237 e. The molecule has 0 aliphatic heterocycles. The molecule has 2 aliphatic carbocycles. The molecule has 2 fully saturated rings. The summed E-state index contributed by atoms with van der Waals surface area (Å²) >= 11 is 0. The van der Waals surface area contributed by atoms with Crippen LogP contribution in [-0.2, 0) is 4.79 Å². The van der Waals surface area contributed by atoms with Crippen LogP contribution in [0.4, 0.5) is 0 Å². The van der Waals surface area contributed by atoms with Gasteiger partial charge in [0.25, 0.3) is 0 Å². The van der Waals surface area contributed by atoms with E-state index in [1.165, 1.54) is 25.7 Å². The Hall–Kier alpha value is -0.570. The van der Waals surface area contributed by atoms with E-state index in [-0.39, 0.29) is 11.4 Å². The molecule has 1 amide bonds. The largest absolute Gasteiger partial charge is 0.368 e. The normalized spacial score (nSPS) is 35.2. The Morgan fingerprint density at radius 2 is 1.86 bits per heavy atom. The molecule has 3 heteroatoms. The molecule has 0 aromatic rings. The number of carbonyl (C=O) groups excluding carboxylic acids is 1. The zero-order chi connectivity index (χ0) is 10.2. The van der Waals surface area contributed by atoms with Crippen LogP contribution in [0.2, 0.25) is 0 Å². The Morgan fingerprint density at radius 3 is 2.29 bits per heavy atom. The van der Waals surface area contributed by atoms with Crippen LogP contribution in [0.1, 0.15) is 45.4 Å². The monoisotopic (exact) mass is 196 g/mol. The van der Waals surface area contributed by atoms with Gasteiger partial charge in [-0.1, -0.05) is 6.92 Å². The number of rotatable bonds is 3. The van der Waals surface area contributed by atoms with Gasteiger partial charge in [0, 0.05) is 6.04 Å². The molecule has 0 unspecified atom stereocenters. The SMILES string of the molecule is CC1CCC(NC2(C(N)=O)CC2)CC1. The molecule has 0 saturated heterocycles. The van der Waals surface area contributed by atoms with Crippen molar-refractivity contribution in [1.82, 2.24) is 5.32 Å². The number of primary amides is 1. The fraction of sp³-hybridized carbons (Fsp3) is 0.909. The molecule has 14 heavy (non-hydrogen) atoms. The van der Waals surface area contributed by atoms with Gasteiger partial charge in [0.2, 0.25) is 5.91 Å². The minimum atomic E-state index is -0.314. The first-order chi connectivity index (χ1) is 6.62. The van der Waals surface area contributed by atoms with Gasteiger partial charge in [-0.2, -0.15) is 0 Å². The van der Waals surface area contributed by atoms with Crippen molar-refractivity contribution in [3.8, 4) is 0 Å². The lowest BCUT2D eigenvalue weighted by atomic mass is 9.87. The standard InChI is InChI=1S/C11H20N2O/c1-8-2-4-9(5-3-8)13-11(6-7-11)10(12)14/h8-9,13H,2-7H2,1H3,(H2,12,14). The number of hydrogen-bond acceptors (Lipinski definition) is 2. The molecule has 0 radical (unpaired) electrons. The van der Waals surface area contributed by atoms with Gasteiger partial charge in [0.15, 0.2) is 0 Å². The van der Waals surface area contributed by atoms with Gasteiger partial charge in [0.05, 0.1) is 5.54 Å². The van der Waals surface area contributed by atoms with E-state index in [1.807, 2.05) is 0 Å². The summed E-state index contributed by atoms with van der Waals surface area (Å²) in [5, 5.41) is 3.45. The minimum Gasteiger partial charge on any atom is -0.368 e. The van der Waals surface area contributed by atoms with Crippen LogP contribution in [0.15, 0.2) is 0 Å². The van der Waals surface area contributed by atoms with Crippen molar-refractivity contribution in [1.29, 1.82) is 0 Å². The van der Waals surface area contributed by atoms with Gasteiger partial charge in [-0.25, -0.2) is 0 Å². The lowest BCUT2D eigenvalue weighted by Gasteiger charge is -2.29. The molecule has 2 aliphatic rings. The van der Waals surface area contributed by atoms with Gasteiger partial charge in [0.1, 0.15) is 0 Å². The third kappa shape index (κ3) is 1.92. The first-order valence-electron chi connectivity index (χ1n) is 5.70. The average molecular weight is 196 g/mol. The highest BCUT2D eigenvalue weighted by atomic mass is 16.1. The van der Waals surface area contributed by atoms with Crippen LogP contribution in [-0.4, -0.2) is 17.5 Å². The number of hydrogen-bond donors (Lipinski definition) is 2.